The van der Waals surface area contributed by atoms with Gasteiger partial charge in [0, 0.05) is 34.5 Å². The van der Waals surface area contributed by atoms with Crippen LogP contribution in [-0.2, 0) is 11.2 Å². The van der Waals surface area contributed by atoms with Gasteiger partial charge in [-0.2, -0.15) is 0 Å². The van der Waals surface area contributed by atoms with Crippen LogP contribution in [0.5, 0.6) is 11.5 Å². The molecule has 1 aliphatic rings. The number of benzene rings is 2. The number of carbonyl (C=O) groups is 1. The Balaban J connectivity index is 1.70. The van der Waals surface area contributed by atoms with E-state index in [1.807, 2.05) is 38.1 Å². The summed E-state index contributed by atoms with van der Waals surface area (Å²) in [5, 5.41) is 4.31. The Kier molecular flexibility index (Phi) is 5.87. The quantitative estimate of drug-likeness (QED) is 0.725. The zero-order valence-electron chi connectivity index (χ0n) is 15.6. The number of fused-ring (bicyclic) bond motifs is 1. The van der Waals surface area contributed by atoms with Gasteiger partial charge in [-0.15, -0.1) is 0 Å². The van der Waals surface area contributed by atoms with Gasteiger partial charge in [0.2, 0.25) is 5.91 Å². The average molecular weight is 408 g/mol. The lowest BCUT2D eigenvalue weighted by Gasteiger charge is -2.38. The molecule has 0 saturated carbocycles. The zero-order chi connectivity index (χ0) is 19.6. The van der Waals surface area contributed by atoms with Crippen molar-refractivity contribution < 1.29 is 14.3 Å². The van der Waals surface area contributed by atoms with Crippen molar-refractivity contribution in [2.45, 2.75) is 44.8 Å². The molecule has 0 fully saturated rings. The van der Waals surface area contributed by atoms with Crippen LogP contribution in [-0.4, -0.2) is 18.6 Å². The summed E-state index contributed by atoms with van der Waals surface area (Å²) in [6.45, 7) is 4.03. The first-order valence-corrected chi connectivity index (χ1v) is 9.63. The Bertz CT molecular complexity index is 851. The van der Waals surface area contributed by atoms with E-state index in [-0.39, 0.29) is 17.6 Å². The third-order valence-corrected chi connectivity index (χ3v) is 5.24. The molecule has 0 aromatic heterocycles. The highest BCUT2D eigenvalue weighted by Gasteiger charge is 2.34. The molecule has 0 radical (unpaired) electrons. The van der Waals surface area contributed by atoms with Gasteiger partial charge in [-0.1, -0.05) is 29.3 Å². The van der Waals surface area contributed by atoms with Crippen LogP contribution < -0.4 is 14.8 Å². The van der Waals surface area contributed by atoms with Crippen LogP contribution in [0.4, 0.5) is 0 Å². The number of hydrogen-bond acceptors (Lipinski definition) is 3. The van der Waals surface area contributed by atoms with E-state index in [1.165, 1.54) is 0 Å². The fourth-order valence-electron chi connectivity index (χ4n) is 3.33. The highest BCUT2D eigenvalue weighted by Crippen LogP contribution is 2.41. The number of methoxy groups -OCH3 is 1. The van der Waals surface area contributed by atoms with Crippen molar-refractivity contribution in [3.8, 4) is 11.5 Å². The lowest BCUT2D eigenvalue weighted by molar-refractivity contribution is -0.122. The third kappa shape index (κ3) is 4.88. The molecule has 144 valence electrons. The molecule has 2 aromatic carbocycles. The molecule has 4 nitrogen and oxygen atoms in total. The molecule has 1 amide bonds. The maximum Gasteiger partial charge on any atom is 0.220 e. The van der Waals surface area contributed by atoms with Gasteiger partial charge in [-0.05, 0) is 50.1 Å². The van der Waals surface area contributed by atoms with Crippen molar-refractivity contribution in [3.63, 3.8) is 0 Å². The number of hydrogen-bond donors (Lipinski definition) is 1. The summed E-state index contributed by atoms with van der Waals surface area (Å²) >= 11 is 12.1. The summed E-state index contributed by atoms with van der Waals surface area (Å²) in [6.07, 6.45) is 1.61. The molecule has 3 rings (SSSR count). The van der Waals surface area contributed by atoms with Gasteiger partial charge in [-0.3, -0.25) is 4.79 Å². The van der Waals surface area contributed by atoms with Crippen LogP contribution >= 0.6 is 23.2 Å². The fourth-order valence-corrected chi connectivity index (χ4v) is 3.83. The Labute approximate surface area is 169 Å². The molecule has 1 aliphatic heterocycles. The van der Waals surface area contributed by atoms with E-state index in [4.69, 9.17) is 32.7 Å². The van der Waals surface area contributed by atoms with Crippen molar-refractivity contribution in [3.05, 3.63) is 57.6 Å². The lowest BCUT2D eigenvalue weighted by atomic mass is 9.89. The fraction of sp³-hybridized carbons (Fsp3) is 0.381. The van der Waals surface area contributed by atoms with Crippen LogP contribution in [0.3, 0.4) is 0 Å². The van der Waals surface area contributed by atoms with Crippen LogP contribution in [0.2, 0.25) is 10.0 Å². The van der Waals surface area contributed by atoms with Crippen molar-refractivity contribution >= 4 is 29.1 Å². The Morgan fingerprint density at radius 2 is 2.04 bits per heavy atom. The maximum atomic E-state index is 12.6. The van der Waals surface area contributed by atoms with E-state index in [0.29, 0.717) is 29.3 Å². The van der Waals surface area contributed by atoms with E-state index in [0.717, 1.165) is 22.6 Å². The number of halogens is 2. The monoisotopic (exact) mass is 407 g/mol. The molecule has 0 bridgehead atoms. The molecule has 0 unspecified atom stereocenters. The van der Waals surface area contributed by atoms with Crippen LogP contribution in [0.1, 0.15) is 43.9 Å². The molecule has 1 atom stereocenters. The Morgan fingerprint density at radius 3 is 2.74 bits per heavy atom. The number of carbonyl (C=O) groups excluding carboxylic acids is 1. The van der Waals surface area contributed by atoms with Gasteiger partial charge in [-0.25, -0.2) is 0 Å². The minimum atomic E-state index is -0.378. The van der Waals surface area contributed by atoms with E-state index in [1.54, 1.807) is 19.2 Å². The number of amides is 1. The van der Waals surface area contributed by atoms with Gasteiger partial charge < -0.3 is 14.8 Å². The standard InChI is InChI=1S/C21H23Cl2NO3/c1-21(2)12-18(16-8-7-15(26-3)11-19(16)27-21)24-20(25)9-5-13-4-6-14(22)10-17(13)23/h4,6-8,10-11,18H,5,9,12H2,1-3H3,(H,24,25)/t18-/m0/s1. The molecule has 2 aromatic rings. The largest absolute Gasteiger partial charge is 0.497 e. The van der Waals surface area contributed by atoms with E-state index >= 15 is 0 Å². The zero-order valence-corrected chi connectivity index (χ0v) is 17.2. The summed E-state index contributed by atoms with van der Waals surface area (Å²) in [7, 11) is 1.62. The second-order valence-electron chi connectivity index (χ2n) is 7.33. The highest BCUT2D eigenvalue weighted by molar-refractivity contribution is 6.35. The SMILES string of the molecule is COc1ccc2c(c1)OC(C)(C)C[C@@H]2NC(=O)CCc1ccc(Cl)cc1Cl. The number of ether oxygens (including phenoxy) is 2. The van der Waals surface area contributed by atoms with Crippen LogP contribution in [0.25, 0.3) is 0 Å². The third-order valence-electron chi connectivity index (χ3n) is 4.65. The molecule has 0 aliphatic carbocycles. The first-order valence-electron chi connectivity index (χ1n) is 8.88. The molecular formula is C21H23Cl2NO3. The molecule has 1 heterocycles. The Hall–Kier alpha value is -1.91. The number of rotatable bonds is 5. The minimum Gasteiger partial charge on any atom is -0.497 e. The van der Waals surface area contributed by atoms with Gasteiger partial charge >= 0.3 is 0 Å². The second-order valence-corrected chi connectivity index (χ2v) is 8.17. The molecular weight excluding hydrogens is 385 g/mol. The number of nitrogens with one attached hydrogen (secondary N) is 1. The maximum absolute atomic E-state index is 12.6. The molecule has 1 N–H and O–H groups in total. The van der Waals surface area contributed by atoms with Crippen LogP contribution in [0, 0.1) is 0 Å². The van der Waals surface area contributed by atoms with Gasteiger partial charge in [0.1, 0.15) is 17.1 Å². The van der Waals surface area contributed by atoms with Gasteiger partial charge in [0.05, 0.1) is 13.2 Å². The first kappa shape index (κ1) is 19.8. The second kappa shape index (κ2) is 7.99. The summed E-state index contributed by atoms with van der Waals surface area (Å²) in [5.74, 6) is 1.45. The summed E-state index contributed by atoms with van der Waals surface area (Å²) in [5.41, 5.74) is 1.50. The van der Waals surface area contributed by atoms with Gasteiger partial charge in [0.15, 0.2) is 0 Å². The van der Waals surface area contributed by atoms with Crippen molar-refractivity contribution in [1.29, 1.82) is 0 Å². The van der Waals surface area contributed by atoms with Gasteiger partial charge in [0.25, 0.3) is 0 Å². The topological polar surface area (TPSA) is 47.6 Å². The number of aryl methyl sites for hydroxylation is 1. The van der Waals surface area contributed by atoms with Crippen molar-refractivity contribution in [2.75, 3.05) is 7.11 Å². The van der Waals surface area contributed by atoms with Crippen molar-refractivity contribution in [2.24, 2.45) is 0 Å². The van der Waals surface area contributed by atoms with E-state index < -0.39 is 0 Å². The van der Waals surface area contributed by atoms with Crippen molar-refractivity contribution in [1.82, 2.24) is 5.32 Å². The molecule has 6 heteroatoms. The smallest absolute Gasteiger partial charge is 0.220 e. The van der Waals surface area contributed by atoms with Crippen LogP contribution in [0.15, 0.2) is 36.4 Å². The summed E-state index contributed by atoms with van der Waals surface area (Å²) < 4.78 is 11.4. The highest BCUT2D eigenvalue weighted by atomic mass is 35.5. The average Bonchev–Trinajstić information content (AvgIpc) is 2.59. The summed E-state index contributed by atoms with van der Waals surface area (Å²) in [4.78, 5) is 12.6. The summed E-state index contributed by atoms with van der Waals surface area (Å²) in [6, 6.07) is 10.9. The molecule has 0 saturated heterocycles. The lowest BCUT2D eigenvalue weighted by Crippen LogP contribution is -2.41. The Morgan fingerprint density at radius 1 is 1.26 bits per heavy atom. The normalized spacial score (nSPS) is 17.6. The predicted octanol–water partition coefficient (Wildman–Crippen LogP) is 5.35. The predicted molar refractivity (Wildman–Crippen MR) is 108 cm³/mol. The van der Waals surface area contributed by atoms with E-state index in [9.17, 15) is 4.79 Å². The molecule has 27 heavy (non-hydrogen) atoms. The van der Waals surface area contributed by atoms with E-state index in [2.05, 4.69) is 5.32 Å². The minimum absolute atomic E-state index is 0.0227. The first-order chi connectivity index (χ1) is 12.8. The molecule has 0 spiro atoms.